The van der Waals surface area contributed by atoms with Gasteiger partial charge in [0.1, 0.15) is 0 Å². The van der Waals surface area contributed by atoms with Gasteiger partial charge in [0.25, 0.3) is 0 Å². The fraction of sp³-hybridized carbons (Fsp3) is 1.00. The lowest BCUT2D eigenvalue weighted by atomic mass is 9.89. The standard InChI is InChI=1S/C7H16NP/c8-5-6-1-3-7(9)4-2-6/h6-7H,1-5,8-9H2. The Morgan fingerprint density at radius 2 is 1.78 bits per heavy atom. The molecule has 0 amide bonds. The molecule has 1 rings (SSSR count). The van der Waals surface area contributed by atoms with Gasteiger partial charge in [-0.15, -0.1) is 9.24 Å². The van der Waals surface area contributed by atoms with Crippen LogP contribution in [0, 0.1) is 5.92 Å². The van der Waals surface area contributed by atoms with Gasteiger partial charge in [-0.1, -0.05) is 0 Å². The Bertz CT molecular complexity index is 77.0. The molecule has 0 aromatic heterocycles. The van der Waals surface area contributed by atoms with Crippen molar-refractivity contribution in [2.75, 3.05) is 6.54 Å². The van der Waals surface area contributed by atoms with E-state index in [4.69, 9.17) is 5.73 Å². The van der Waals surface area contributed by atoms with Gasteiger partial charge in [0.2, 0.25) is 0 Å². The van der Waals surface area contributed by atoms with Crippen molar-refractivity contribution in [2.24, 2.45) is 11.7 Å². The van der Waals surface area contributed by atoms with E-state index in [1.165, 1.54) is 25.7 Å². The maximum Gasteiger partial charge on any atom is -0.00489 e. The smallest absolute Gasteiger partial charge is 0.00489 e. The Labute approximate surface area is 59.6 Å². The Kier molecular flexibility index (Phi) is 2.94. The second-order valence-electron chi connectivity index (χ2n) is 3.02. The van der Waals surface area contributed by atoms with Crippen molar-refractivity contribution < 1.29 is 0 Å². The van der Waals surface area contributed by atoms with Crippen LogP contribution in [0.15, 0.2) is 0 Å². The molecule has 0 aromatic rings. The van der Waals surface area contributed by atoms with Crippen LogP contribution < -0.4 is 5.73 Å². The monoisotopic (exact) mass is 145 g/mol. The summed E-state index contributed by atoms with van der Waals surface area (Å²) in [6.07, 6.45) is 5.44. The van der Waals surface area contributed by atoms with Gasteiger partial charge in [0.05, 0.1) is 0 Å². The van der Waals surface area contributed by atoms with Gasteiger partial charge in [-0.2, -0.15) is 0 Å². The van der Waals surface area contributed by atoms with E-state index in [1.807, 2.05) is 0 Å². The largest absolute Gasteiger partial charge is 0.330 e. The molecule has 0 saturated heterocycles. The molecular formula is C7H16NP. The normalized spacial score (nSPS) is 36.7. The second kappa shape index (κ2) is 3.53. The highest BCUT2D eigenvalue weighted by Gasteiger charge is 2.16. The van der Waals surface area contributed by atoms with Crippen LogP contribution in [-0.4, -0.2) is 12.2 Å². The minimum Gasteiger partial charge on any atom is -0.330 e. The summed E-state index contributed by atoms with van der Waals surface area (Å²) in [7, 11) is 2.90. The van der Waals surface area contributed by atoms with E-state index in [1.54, 1.807) is 0 Å². The van der Waals surface area contributed by atoms with E-state index >= 15 is 0 Å². The molecule has 1 saturated carbocycles. The summed E-state index contributed by atoms with van der Waals surface area (Å²) < 4.78 is 0. The van der Waals surface area contributed by atoms with Crippen molar-refractivity contribution in [3.05, 3.63) is 0 Å². The lowest BCUT2D eigenvalue weighted by molar-refractivity contribution is 0.373. The molecule has 1 fully saturated rings. The fourth-order valence-corrected chi connectivity index (χ4v) is 1.81. The van der Waals surface area contributed by atoms with Crippen LogP contribution in [0.2, 0.25) is 0 Å². The van der Waals surface area contributed by atoms with E-state index in [-0.39, 0.29) is 0 Å². The summed E-state index contributed by atoms with van der Waals surface area (Å²) in [6.45, 7) is 0.900. The van der Waals surface area contributed by atoms with Gasteiger partial charge < -0.3 is 5.73 Å². The predicted octanol–water partition coefficient (Wildman–Crippen LogP) is 1.38. The third kappa shape index (κ3) is 2.23. The average Bonchev–Trinajstić information content (AvgIpc) is 1.90. The number of nitrogens with two attached hydrogens (primary N) is 1. The Balaban J connectivity index is 2.18. The van der Waals surface area contributed by atoms with Crippen molar-refractivity contribution >= 4 is 9.24 Å². The zero-order chi connectivity index (χ0) is 6.69. The SMILES string of the molecule is NCC1CCC(P)CC1. The highest BCUT2D eigenvalue weighted by atomic mass is 31.0. The van der Waals surface area contributed by atoms with Gasteiger partial charge in [-0.3, -0.25) is 0 Å². The highest BCUT2D eigenvalue weighted by Crippen LogP contribution is 2.27. The van der Waals surface area contributed by atoms with Gasteiger partial charge in [-0.25, -0.2) is 0 Å². The van der Waals surface area contributed by atoms with Crippen LogP contribution in [0.3, 0.4) is 0 Å². The molecule has 1 nitrogen and oxygen atoms in total. The molecule has 1 atom stereocenters. The fourth-order valence-electron chi connectivity index (χ4n) is 1.42. The lowest BCUT2D eigenvalue weighted by Gasteiger charge is -2.24. The van der Waals surface area contributed by atoms with Gasteiger partial charge in [0.15, 0.2) is 0 Å². The molecule has 1 aliphatic carbocycles. The molecule has 54 valence electrons. The Hall–Kier alpha value is 0.390. The third-order valence-corrected chi connectivity index (χ3v) is 2.89. The minimum absolute atomic E-state index is 0.835. The maximum atomic E-state index is 5.54. The first-order valence-electron chi connectivity index (χ1n) is 3.78. The average molecular weight is 145 g/mol. The van der Waals surface area contributed by atoms with Crippen LogP contribution in [0.4, 0.5) is 0 Å². The molecule has 0 heterocycles. The molecule has 0 bridgehead atoms. The van der Waals surface area contributed by atoms with E-state index in [9.17, 15) is 0 Å². The lowest BCUT2D eigenvalue weighted by Crippen LogP contribution is -2.21. The molecule has 0 aromatic carbocycles. The van der Waals surface area contributed by atoms with Crippen LogP contribution >= 0.6 is 9.24 Å². The summed E-state index contributed by atoms with van der Waals surface area (Å²) >= 11 is 0. The van der Waals surface area contributed by atoms with Crippen molar-refractivity contribution in [1.82, 2.24) is 0 Å². The van der Waals surface area contributed by atoms with E-state index in [0.717, 1.165) is 18.1 Å². The summed E-state index contributed by atoms with van der Waals surface area (Å²) in [5, 5.41) is 0. The highest BCUT2D eigenvalue weighted by molar-refractivity contribution is 7.17. The molecule has 0 radical (unpaired) electrons. The quantitative estimate of drug-likeness (QED) is 0.554. The molecule has 1 unspecified atom stereocenters. The molecule has 1 aliphatic rings. The van der Waals surface area contributed by atoms with Crippen LogP contribution in [-0.2, 0) is 0 Å². The van der Waals surface area contributed by atoms with Gasteiger partial charge >= 0.3 is 0 Å². The van der Waals surface area contributed by atoms with E-state index in [0.29, 0.717) is 0 Å². The summed E-state index contributed by atoms with van der Waals surface area (Å²) in [5.74, 6) is 0.835. The van der Waals surface area contributed by atoms with Crippen LogP contribution in [0.1, 0.15) is 25.7 Å². The van der Waals surface area contributed by atoms with Crippen molar-refractivity contribution in [1.29, 1.82) is 0 Å². The first-order chi connectivity index (χ1) is 4.33. The molecule has 0 spiro atoms. The van der Waals surface area contributed by atoms with E-state index in [2.05, 4.69) is 9.24 Å². The van der Waals surface area contributed by atoms with Gasteiger partial charge in [-0.05, 0) is 43.8 Å². The number of rotatable bonds is 1. The number of hydrogen-bond donors (Lipinski definition) is 1. The molecule has 2 heteroatoms. The van der Waals surface area contributed by atoms with Crippen LogP contribution in [0.5, 0.6) is 0 Å². The second-order valence-corrected chi connectivity index (χ2v) is 3.96. The zero-order valence-electron chi connectivity index (χ0n) is 5.84. The van der Waals surface area contributed by atoms with Crippen molar-refractivity contribution in [3.63, 3.8) is 0 Å². The topological polar surface area (TPSA) is 26.0 Å². The molecule has 0 aliphatic heterocycles. The first-order valence-corrected chi connectivity index (χ1v) is 4.45. The zero-order valence-corrected chi connectivity index (χ0v) is 7.00. The number of hydrogen-bond acceptors (Lipinski definition) is 1. The first kappa shape index (κ1) is 7.50. The van der Waals surface area contributed by atoms with Crippen molar-refractivity contribution in [3.8, 4) is 0 Å². The molecule has 9 heavy (non-hydrogen) atoms. The predicted molar refractivity (Wildman–Crippen MR) is 44.5 cm³/mol. The summed E-state index contributed by atoms with van der Waals surface area (Å²) in [6, 6.07) is 0. The third-order valence-electron chi connectivity index (χ3n) is 2.22. The summed E-state index contributed by atoms with van der Waals surface area (Å²) in [4.78, 5) is 0. The van der Waals surface area contributed by atoms with Crippen molar-refractivity contribution in [2.45, 2.75) is 31.3 Å². The Morgan fingerprint density at radius 1 is 1.22 bits per heavy atom. The van der Waals surface area contributed by atoms with E-state index < -0.39 is 0 Å². The van der Waals surface area contributed by atoms with Gasteiger partial charge in [0, 0.05) is 0 Å². The Morgan fingerprint density at radius 3 is 2.22 bits per heavy atom. The molecule has 2 N–H and O–H groups in total. The summed E-state index contributed by atoms with van der Waals surface area (Å²) in [5.41, 5.74) is 6.42. The molecular weight excluding hydrogens is 129 g/mol. The maximum absolute atomic E-state index is 5.54. The van der Waals surface area contributed by atoms with Crippen LogP contribution in [0.25, 0.3) is 0 Å². The minimum atomic E-state index is 0.835.